The van der Waals surface area contributed by atoms with Crippen molar-refractivity contribution in [3.8, 4) is 0 Å². The first-order chi connectivity index (χ1) is 10.9. The lowest BCUT2D eigenvalue weighted by molar-refractivity contribution is -0.135. The highest BCUT2D eigenvalue weighted by molar-refractivity contribution is 5.85. The van der Waals surface area contributed by atoms with Gasteiger partial charge in [0.05, 0.1) is 5.92 Å². The maximum Gasteiger partial charge on any atom is 0.224 e. The molecule has 0 aromatic heterocycles. The van der Waals surface area contributed by atoms with E-state index in [2.05, 4.69) is 10.6 Å². The Hall–Kier alpha value is -1.34. The molecule has 1 aliphatic heterocycles. The third-order valence-electron chi connectivity index (χ3n) is 3.84. The van der Waals surface area contributed by atoms with Crippen molar-refractivity contribution in [1.29, 1.82) is 0 Å². The first kappa shape index (κ1) is 22.7. The van der Waals surface area contributed by atoms with Crippen LogP contribution < -0.4 is 16.4 Å². The average Bonchev–Trinajstić information content (AvgIpc) is 2.51. The minimum Gasteiger partial charge on any atom is -0.356 e. The number of hydrogen-bond donors (Lipinski definition) is 3. The quantitative estimate of drug-likeness (QED) is 0.576. The highest BCUT2D eigenvalue weighted by Gasteiger charge is 2.27. The summed E-state index contributed by atoms with van der Waals surface area (Å²) in [4.78, 5) is 37.5. The van der Waals surface area contributed by atoms with Gasteiger partial charge in [0.2, 0.25) is 17.7 Å². The summed E-state index contributed by atoms with van der Waals surface area (Å²) in [5.74, 6) is 0.0882. The fourth-order valence-corrected chi connectivity index (χ4v) is 2.67. The third kappa shape index (κ3) is 8.49. The van der Waals surface area contributed by atoms with Crippen LogP contribution in [0.5, 0.6) is 0 Å². The Kier molecular flexibility index (Phi) is 11.4. The van der Waals surface area contributed by atoms with Crippen molar-refractivity contribution >= 4 is 30.1 Å². The highest BCUT2D eigenvalue weighted by Crippen LogP contribution is 2.17. The zero-order valence-electron chi connectivity index (χ0n) is 14.7. The molecular formula is C16H31ClN4O3. The van der Waals surface area contributed by atoms with Crippen molar-refractivity contribution in [2.24, 2.45) is 17.6 Å². The van der Waals surface area contributed by atoms with Gasteiger partial charge in [-0.3, -0.25) is 14.4 Å². The number of nitrogens with two attached hydrogens (primary N) is 1. The smallest absolute Gasteiger partial charge is 0.224 e. The number of hydrogen-bond acceptors (Lipinski definition) is 4. The van der Waals surface area contributed by atoms with Crippen LogP contribution in [0.15, 0.2) is 0 Å². The minimum atomic E-state index is -0.158. The Morgan fingerprint density at radius 1 is 1.21 bits per heavy atom. The lowest BCUT2D eigenvalue weighted by atomic mass is 9.97. The van der Waals surface area contributed by atoms with E-state index in [1.165, 1.54) is 0 Å². The SMILES string of the molecule is CC(C)CC(=O)NCCC(=O)N1CCCC(C(=O)NCCN)C1.Cl. The number of rotatable bonds is 8. The van der Waals surface area contributed by atoms with E-state index in [1.807, 2.05) is 13.8 Å². The van der Waals surface area contributed by atoms with Crippen LogP contribution in [0, 0.1) is 11.8 Å². The molecule has 0 aliphatic carbocycles. The average molecular weight is 363 g/mol. The van der Waals surface area contributed by atoms with Gasteiger partial charge in [-0.2, -0.15) is 0 Å². The largest absolute Gasteiger partial charge is 0.356 e. The molecule has 1 unspecified atom stereocenters. The van der Waals surface area contributed by atoms with Crippen molar-refractivity contribution < 1.29 is 14.4 Å². The molecule has 0 aromatic rings. The van der Waals surface area contributed by atoms with Crippen LogP contribution in [0.2, 0.25) is 0 Å². The summed E-state index contributed by atoms with van der Waals surface area (Å²) in [5.41, 5.74) is 5.38. The Bertz CT molecular complexity index is 418. The van der Waals surface area contributed by atoms with Gasteiger partial charge in [-0.1, -0.05) is 13.8 Å². The summed E-state index contributed by atoms with van der Waals surface area (Å²) in [6.07, 6.45) is 2.37. The van der Waals surface area contributed by atoms with Crippen LogP contribution in [0.4, 0.5) is 0 Å². The first-order valence-corrected chi connectivity index (χ1v) is 8.46. The molecule has 1 aliphatic rings. The van der Waals surface area contributed by atoms with E-state index < -0.39 is 0 Å². The fraction of sp³-hybridized carbons (Fsp3) is 0.812. The van der Waals surface area contributed by atoms with E-state index in [0.717, 1.165) is 12.8 Å². The van der Waals surface area contributed by atoms with Crippen LogP contribution in [-0.4, -0.2) is 55.3 Å². The van der Waals surface area contributed by atoms with Gasteiger partial charge in [-0.05, 0) is 18.8 Å². The third-order valence-corrected chi connectivity index (χ3v) is 3.84. The van der Waals surface area contributed by atoms with Crippen molar-refractivity contribution in [2.45, 2.75) is 39.5 Å². The predicted molar refractivity (Wildman–Crippen MR) is 95.7 cm³/mol. The van der Waals surface area contributed by atoms with E-state index in [1.54, 1.807) is 4.90 Å². The summed E-state index contributed by atoms with van der Waals surface area (Å²) in [7, 11) is 0. The van der Waals surface area contributed by atoms with Gasteiger partial charge in [0, 0.05) is 45.6 Å². The van der Waals surface area contributed by atoms with Crippen LogP contribution in [0.3, 0.4) is 0 Å². The normalized spacial score (nSPS) is 17.2. The molecule has 7 nitrogen and oxygen atoms in total. The Morgan fingerprint density at radius 2 is 1.92 bits per heavy atom. The van der Waals surface area contributed by atoms with Gasteiger partial charge >= 0.3 is 0 Å². The molecule has 0 spiro atoms. The molecule has 1 fully saturated rings. The number of halogens is 1. The van der Waals surface area contributed by atoms with Gasteiger partial charge < -0.3 is 21.3 Å². The number of amides is 3. The number of nitrogens with one attached hydrogen (secondary N) is 2. The second-order valence-corrected chi connectivity index (χ2v) is 6.46. The van der Waals surface area contributed by atoms with Gasteiger partial charge in [0.15, 0.2) is 0 Å². The topological polar surface area (TPSA) is 105 Å². The van der Waals surface area contributed by atoms with E-state index >= 15 is 0 Å². The van der Waals surface area contributed by atoms with Crippen LogP contribution in [0.1, 0.15) is 39.5 Å². The highest BCUT2D eigenvalue weighted by atomic mass is 35.5. The molecule has 1 rings (SSSR count). The predicted octanol–water partition coefficient (Wildman–Crippen LogP) is 0.274. The second kappa shape index (κ2) is 12.1. The molecule has 1 saturated heterocycles. The fourth-order valence-electron chi connectivity index (χ4n) is 2.67. The molecule has 3 amide bonds. The molecule has 1 heterocycles. The molecule has 1 atom stereocenters. The first-order valence-electron chi connectivity index (χ1n) is 8.46. The van der Waals surface area contributed by atoms with Gasteiger partial charge in [-0.15, -0.1) is 12.4 Å². The standard InChI is InChI=1S/C16H30N4O3.ClH/c1-12(2)10-14(21)18-7-5-15(22)20-9-3-4-13(11-20)16(23)19-8-6-17;/h12-13H,3-11,17H2,1-2H3,(H,18,21)(H,19,23);1H. The van der Waals surface area contributed by atoms with Crippen molar-refractivity contribution in [3.05, 3.63) is 0 Å². The summed E-state index contributed by atoms with van der Waals surface area (Å²) in [6, 6.07) is 0. The van der Waals surface area contributed by atoms with E-state index in [0.29, 0.717) is 45.1 Å². The Morgan fingerprint density at radius 3 is 2.54 bits per heavy atom. The van der Waals surface area contributed by atoms with Crippen molar-refractivity contribution in [3.63, 3.8) is 0 Å². The van der Waals surface area contributed by atoms with Gasteiger partial charge in [0.1, 0.15) is 0 Å². The number of carbonyl (C=O) groups excluding carboxylic acids is 3. The monoisotopic (exact) mass is 362 g/mol. The lowest BCUT2D eigenvalue weighted by Gasteiger charge is -2.32. The van der Waals surface area contributed by atoms with E-state index in [-0.39, 0.29) is 42.5 Å². The maximum atomic E-state index is 12.2. The van der Waals surface area contributed by atoms with Crippen LogP contribution >= 0.6 is 12.4 Å². The van der Waals surface area contributed by atoms with Crippen molar-refractivity contribution in [1.82, 2.24) is 15.5 Å². The molecule has 0 bridgehead atoms. The number of nitrogens with zero attached hydrogens (tertiary/aromatic N) is 1. The summed E-state index contributed by atoms with van der Waals surface area (Å²) < 4.78 is 0. The Balaban J connectivity index is 0.00000529. The second-order valence-electron chi connectivity index (χ2n) is 6.46. The minimum absolute atomic E-state index is 0. The molecular weight excluding hydrogens is 332 g/mol. The molecule has 4 N–H and O–H groups in total. The van der Waals surface area contributed by atoms with Crippen LogP contribution in [-0.2, 0) is 14.4 Å². The summed E-state index contributed by atoms with van der Waals surface area (Å²) in [6.45, 7) is 6.32. The zero-order valence-corrected chi connectivity index (χ0v) is 15.5. The molecule has 24 heavy (non-hydrogen) atoms. The van der Waals surface area contributed by atoms with Crippen LogP contribution in [0.25, 0.3) is 0 Å². The number of carbonyl (C=O) groups is 3. The molecule has 8 heteroatoms. The molecule has 140 valence electrons. The van der Waals surface area contributed by atoms with Crippen molar-refractivity contribution in [2.75, 3.05) is 32.7 Å². The number of piperidine rings is 1. The molecule has 0 radical (unpaired) electrons. The van der Waals surface area contributed by atoms with E-state index in [4.69, 9.17) is 5.73 Å². The number of likely N-dealkylation sites (tertiary alicyclic amines) is 1. The summed E-state index contributed by atoms with van der Waals surface area (Å²) >= 11 is 0. The zero-order chi connectivity index (χ0) is 17.2. The lowest BCUT2D eigenvalue weighted by Crippen LogP contribution is -2.46. The molecule has 0 saturated carbocycles. The Labute approximate surface area is 150 Å². The van der Waals surface area contributed by atoms with Gasteiger partial charge in [-0.25, -0.2) is 0 Å². The maximum absolute atomic E-state index is 12.2. The summed E-state index contributed by atoms with van der Waals surface area (Å²) in [5, 5.41) is 5.55. The molecule has 0 aromatic carbocycles. The van der Waals surface area contributed by atoms with Gasteiger partial charge in [0.25, 0.3) is 0 Å². The van der Waals surface area contributed by atoms with E-state index in [9.17, 15) is 14.4 Å².